The highest BCUT2D eigenvalue weighted by atomic mass is 19.1. The van der Waals surface area contributed by atoms with E-state index in [0.717, 1.165) is 31.0 Å². The van der Waals surface area contributed by atoms with Crippen LogP contribution in [-0.2, 0) is 21.6 Å². The van der Waals surface area contributed by atoms with Crippen molar-refractivity contribution in [1.82, 2.24) is 14.8 Å². The summed E-state index contributed by atoms with van der Waals surface area (Å²) in [5.41, 5.74) is -2.04. The Morgan fingerprint density at radius 3 is 2.96 bits per heavy atom. The molecule has 1 aliphatic heterocycles. The predicted molar refractivity (Wildman–Crippen MR) is 84.4 cm³/mol. The van der Waals surface area contributed by atoms with Crippen LogP contribution in [0.4, 0.5) is 8.78 Å². The van der Waals surface area contributed by atoms with Crippen molar-refractivity contribution in [2.75, 3.05) is 6.61 Å². The minimum atomic E-state index is -1.85. The van der Waals surface area contributed by atoms with Crippen LogP contribution in [0.3, 0.4) is 0 Å². The van der Waals surface area contributed by atoms with E-state index in [4.69, 9.17) is 9.47 Å². The zero-order valence-electron chi connectivity index (χ0n) is 13.9. The second-order valence-corrected chi connectivity index (χ2v) is 6.22. The van der Waals surface area contributed by atoms with E-state index in [1.807, 2.05) is 0 Å². The molecular formula is C17H21F2N3O3. The van der Waals surface area contributed by atoms with Crippen molar-refractivity contribution < 1.29 is 23.4 Å². The second-order valence-electron chi connectivity index (χ2n) is 6.22. The van der Waals surface area contributed by atoms with Crippen LogP contribution in [0.5, 0.6) is 0 Å². The van der Waals surface area contributed by atoms with E-state index in [1.54, 1.807) is 6.92 Å². The molecule has 1 aliphatic rings. The molecule has 1 aromatic heterocycles. The molecule has 8 heteroatoms. The quantitative estimate of drug-likeness (QED) is 0.863. The van der Waals surface area contributed by atoms with Crippen LogP contribution in [0.1, 0.15) is 31.7 Å². The maximum Gasteiger partial charge on any atom is 0.158 e. The average molecular weight is 353 g/mol. The predicted octanol–water partition coefficient (Wildman–Crippen LogP) is 2.38. The highest BCUT2D eigenvalue weighted by Gasteiger charge is 2.41. The molecule has 1 aromatic carbocycles. The molecule has 0 aliphatic carbocycles. The van der Waals surface area contributed by atoms with Gasteiger partial charge in [-0.15, -0.1) is 0 Å². The van der Waals surface area contributed by atoms with Gasteiger partial charge >= 0.3 is 0 Å². The Labute approximate surface area is 144 Å². The van der Waals surface area contributed by atoms with Crippen molar-refractivity contribution in [3.05, 3.63) is 48.1 Å². The van der Waals surface area contributed by atoms with Gasteiger partial charge in [0.15, 0.2) is 6.29 Å². The van der Waals surface area contributed by atoms with Gasteiger partial charge in [0.05, 0.1) is 12.6 Å². The topological polar surface area (TPSA) is 69.4 Å². The molecule has 6 nitrogen and oxygen atoms in total. The Balaban J connectivity index is 1.91. The summed E-state index contributed by atoms with van der Waals surface area (Å²) in [5, 5.41) is 15.2. The summed E-state index contributed by atoms with van der Waals surface area (Å²) in [6.45, 7) is 2.05. The first-order valence-corrected chi connectivity index (χ1v) is 8.26. The highest BCUT2D eigenvalue weighted by Crippen LogP contribution is 2.33. The smallest absolute Gasteiger partial charge is 0.158 e. The van der Waals surface area contributed by atoms with Crippen LogP contribution >= 0.6 is 0 Å². The average Bonchev–Trinajstić information content (AvgIpc) is 3.10. The van der Waals surface area contributed by atoms with Crippen LogP contribution in [-0.4, -0.2) is 38.9 Å². The summed E-state index contributed by atoms with van der Waals surface area (Å²) < 4.78 is 40.8. The molecule has 0 saturated carbocycles. The molecular weight excluding hydrogens is 332 g/mol. The first kappa shape index (κ1) is 17.9. The molecule has 25 heavy (non-hydrogen) atoms. The third-order valence-corrected chi connectivity index (χ3v) is 4.43. The number of benzene rings is 1. The summed E-state index contributed by atoms with van der Waals surface area (Å²) in [6, 6.07) is 2.97. The number of halogens is 2. The van der Waals surface area contributed by atoms with Crippen LogP contribution in [0, 0.1) is 11.6 Å². The molecule has 136 valence electrons. The first-order valence-electron chi connectivity index (χ1n) is 8.26. The summed E-state index contributed by atoms with van der Waals surface area (Å²) in [4.78, 5) is 3.82. The molecule has 1 fully saturated rings. The molecule has 2 aromatic rings. The maximum atomic E-state index is 14.4. The van der Waals surface area contributed by atoms with Gasteiger partial charge in [-0.25, -0.2) is 18.4 Å². The molecule has 1 N–H and O–H groups in total. The Morgan fingerprint density at radius 1 is 1.44 bits per heavy atom. The highest BCUT2D eigenvalue weighted by molar-refractivity contribution is 5.26. The number of nitrogens with zero attached hydrogens (tertiary/aromatic N) is 3. The normalized spacial score (nSPS) is 21.7. The number of aromatic nitrogens is 3. The zero-order chi connectivity index (χ0) is 17.9. The van der Waals surface area contributed by atoms with Crippen molar-refractivity contribution in [2.45, 2.75) is 50.7 Å². The van der Waals surface area contributed by atoms with Gasteiger partial charge < -0.3 is 14.6 Å². The van der Waals surface area contributed by atoms with Crippen molar-refractivity contribution in [3.63, 3.8) is 0 Å². The Bertz CT molecular complexity index is 692. The van der Waals surface area contributed by atoms with Crippen LogP contribution in [0.15, 0.2) is 30.9 Å². The third-order valence-electron chi connectivity index (χ3n) is 4.43. The molecule has 2 unspecified atom stereocenters. The molecule has 0 radical (unpaired) electrons. The zero-order valence-corrected chi connectivity index (χ0v) is 13.9. The lowest BCUT2D eigenvalue weighted by Gasteiger charge is -2.37. The van der Waals surface area contributed by atoms with Gasteiger partial charge in [-0.05, 0) is 44.4 Å². The second kappa shape index (κ2) is 7.55. The molecule has 1 saturated heterocycles. The summed E-state index contributed by atoms with van der Waals surface area (Å²) in [7, 11) is 0. The van der Waals surface area contributed by atoms with Crippen molar-refractivity contribution in [2.24, 2.45) is 0 Å². The summed E-state index contributed by atoms with van der Waals surface area (Å²) in [6.07, 6.45) is 3.95. The van der Waals surface area contributed by atoms with Gasteiger partial charge in [0.1, 0.15) is 29.9 Å². The van der Waals surface area contributed by atoms with Gasteiger partial charge in [0.2, 0.25) is 0 Å². The van der Waals surface area contributed by atoms with E-state index in [2.05, 4.69) is 10.1 Å². The van der Waals surface area contributed by atoms with Gasteiger partial charge in [-0.3, -0.25) is 0 Å². The standard InChI is InChI=1S/C17H21F2N3O3/c1-12(25-16-4-2-3-7-24-16)17(23,9-22-11-20-10-21-22)14-8-13(18)5-6-15(14)19/h5-6,8,10-12,16,23H,2-4,7,9H2,1H3/t12?,16?,17-/m1/s1. The van der Waals surface area contributed by atoms with E-state index < -0.39 is 29.6 Å². The van der Waals surface area contributed by atoms with Crippen molar-refractivity contribution in [3.8, 4) is 0 Å². The lowest BCUT2D eigenvalue weighted by molar-refractivity contribution is -0.229. The number of hydrogen-bond donors (Lipinski definition) is 1. The van der Waals surface area contributed by atoms with Crippen LogP contribution in [0.25, 0.3) is 0 Å². The van der Waals surface area contributed by atoms with Crippen LogP contribution in [0.2, 0.25) is 0 Å². The minimum absolute atomic E-state index is 0.138. The number of rotatable bonds is 6. The fourth-order valence-corrected chi connectivity index (χ4v) is 2.98. The molecule has 0 amide bonds. The SMILES string of the molecule is CC(OC1CCCCO1)[C@](O)(Cn1cncn1)c1cc(F)ccc1F. The van der Waals surface area contributed by atoms with E-state index in [-0.39, 0.29) is 12.1 Å². The van der Waals surface area contributed by atoms with Gasteiger partial charge in [-0.1, -0.05) is 0 Å². The van der Waals surface area contributed by atoms with Gasteiger partial charge in [-0.2, -0.15) is 5.10 Å². The molecule has 2 heterocycles. The summed E-state index contributed by atoms with van der Waals surface area (Å²) in [5.74, 6) is -1.36. The van der Waals surface area contributed by atoms with Crippen molar-refractivity contribution >= 4 is 0 Å². The monoisotopic (exact) mass is 353 g/mol. The Morgan fingerprint density at radius 2 is 2.28 bits per heavy atom. The van der Waals surface area contributed by atoms with Crippen molar-refractivity contribution in [1.29, 1.82) is 0 Å². The molecule has 3 atom stereocenters. The third kappa shape index (κ3) is 4.02. The fraction of sp³-hybridized carbons (Fsp3) is 0.529. The lowest BCUT2D eigenvalue weighted by Crippen LogP contribution is -2.46. The van der Waals surface area contributed by atoms with E-state index >= 15 is 0 Å². The first-order chi connectivity index (χ1) is 12.0. The number of hydrogen-bond acceptors (Lipinski definition) is 5. The fourth-order valence-electron chi connectivity index (χ4n) is 2.98. The number of aliphatic hydroxyl groups is 1. The van der Waals surface area contributed by atoms with Gasteiger partial charge in [0.25, 0.3) is 0 Å². The summed E-state index contributed by atoms with van der Waals surface area (Å²) >= 11 is 0. The lowest BCUT2D eigenvalue weighted by atomic mass is 9.88. The molecule has 0 spiro atoms. The van der Waals surface area contributed by atoms with Gasteiger partial charge in [0, 0.05) is 12.2 Å². The van der Waals surface area contributed by atoms with Crippen LogP contribution < -0.4 is 0 Å². The largest absolute Gasteiger partial charge is 0.380 e. The molecule has 3 rings (SSSR count). The van der Waals surface area contributed by atoms with E-state index in [1.165, 1.54) is 17.3 Å². The maximum absolute atomic E-state index is 14.4. The molecule has 0 bridgehead atoms. The number of ether oxygens (including phenoxy) is 2. The Hall–Kier alpha value is -1.90. The Kier molecular flexibility index (Phi) is 5.41. The minimum Gasteiger partial charge on any atom is -0.380 e. The van der Waals surface area contributed by atoms with E-state index in [9.17, 15) is 13.9 Å². The van der Waals surface area contributed by atoms with E-state index in [0.29, 0.717) is 13.0 Å².